The van der Waals surface area contributed by atoms with Gasteiger partial charge in [-0.05, 0) is 122 Å². The quantitative estimate of drug-likeness (QED) is 0.372. The number of methoxy groups -OCH3 is 1. The zero-order valence-corrected chi connectivity index (χ0v) is 24.8. The maximum atomic E-state index is 12.9. The van der Waals surface area contributed by atoms with Crippen LogP contribution in [0.3, 0.4) is 0 Å². The Balaban J connectivity index is 1.09. The fourth-order valence-electron chi connectivity index (χ4n) is 10.0. The Morgan fingerprint density at radius 1 is 1.13 bits per heavy atom. The fourth-order valence-corrected chi connectivity index (χ4v) is 10.9. The molecule has 1 aromatic carbocycles. The van der Waals surface area contributed by atoms with Crippen molar-refractivity contribution in [3.63, 3.8) is 0 Å². The number of anilines is 1. The second-order valence-electron chi connectivity index (χ2n) is 13.9. The Labute approximate surface area is 236 Å². The molecule has 6 rings (SSSR count). The van der Waals surface area contributed by atoms with Gasteiger partial charge in [0.05, 0.1) is 29.5 Å². The van der Waals surface area contributed by atoms with Crippen LogP contribution in [0.1, 0.15) is 85.0 Å². The van der Waals surface area contributed by atoms with E-state index in [4.69, 9.17) is 4.74 Å². The van der Waals surface area contributed by atoms with Crippen LogP contribution in [0.4, 0.5) is 5.13 Å². The van der Waals surface area contributed by atoms with Crippen molar-refractivity contribution in [3.8, 4) is 5.75 Å². The lowest BCUT2D eigenvalue weighted by Crippen LogP contribution is -2.58. The van der Waals surface area contributed by atoms with E-state index in [1.807, 2.05) is 18.2 Å². The molecule has 0 spiro atoms. The summed E-state index contributed by atoms with van der Waals surface area (Å²) >= 11 is 1.49. The highest BCUT2D eigenvalue weighted by molar-refractivity contribution is 7.22. The molecule has 4 aliphatic carbocycles. The van der Waals surface area contributed by atoms with Gasteiger partial charge in [-0.25, -0.2) is 4.98 Å². The molecule has 0 radical (unpaired) electrons. The molecule has 4 fully saturated rings. The predicted molar refractivity (Wildman–Crippen MR) is 156 cm³/mol. The summed E-state index contributed by atoms with van der Waals surface area (Å²) in [5, 5.41) is 25.5. The molecule has 0 saturated heterocycles. The van der Waals surface area contributed by atoms with E-state index in [0.717, 1.165) is 48.1 Å². The number of fused-ring (bicyclic) bond motifs is 6. The fraction of sp³-hybridized carbons (Fsp3) is 0.750. The highest BCUT2D eigenvalue weighted by Crippen LogP contribution is 2.68. The van der Waals surface area contributed by atoms with Gasteiger partial charge in [0.1, 0.15) is 5.75 Å². The minimum atomic E-state index is -0.239. The molecule has 4 aliphatic rings. The summed E-state index contributed by atoms with van der Waals surface area (Å²) in [5.41, 5.74) is 1.37. The standard InChI is InChI=1S/C32H46N2O4S/c1-18(5-10-28(37)34-30-33-25-9-6-21(38-4)17-27(25)39-30)22-7-8-23-29-24(12-14-32(22,23)3)31(2)13-11-20(35)15-19(31)16-26(29)36/h6,9,17-20,22-24,26,29,35-36H,5,7-8,10-16H2,1-4H3,(H,33,34,37)/t18-,19+,20-,22-,23+,24+,26+,29+,31+,32-/m1/s1. The lowest BCUT2D eigenvalue weighted by Gasteiger charge is -2.62. The Morgan fingerprint density at radius 2 is 1.90 bits per heavy atom. The van der Waals surface area contributed by atoms with Crippen LogP contribution in [0.15, 0.2) is 18.2 Å². The van der Waals surface area contributed by atoms with Gasteiger partial charge in [-0.1, -0.05) is 32.1 Å². The number of hydrogen-bond acceptors (Lipinski definition) is 6. The van der Waals surface area contributed by atoms with Gasteiger partial charge in [-0.15, -0.1) is 0 Å². The van der Waals surface area contributed by atoms with E-state index in [1.165, 1.54) is 37.0 Å². The second-order valence-corrected chi connectivity index (χ2v) is 14.9. The van der Waals surface area contributed by atoms with Gasteiger partial charge in [0, 0.05) is 6.42 Å². The average Bonchev–Trinajstić information content (AvgIpc) is 3.47. The third kappa shape index (κ3) is 4.70. The lowest BCUT2D eigenvalue weighted by molar-refractivity contribution is -0.174. The molecule has 39 heavy (non-hydrogen) atoms. The van der Waals surface area contributed by atoms with E-state index in [-0.39, 0.29) is 28.9 Å². The van der Waals surface area contributed by atoms with Crippen molar-refractivity contribution in [1.82, 2.24) is 4.98 Å². The molecule has 10 atom stereocenters. The molecule has 1 amide bonds. The lowest BCUT2D eigenvalue weighted by atomic mass is 9.43. The number of benzene rings is 1. The van der Waals surface area contributed by atoms with Gasteiger partial charge < -0.3 is 20.3 Å². The number of thiazole rings is 1. The number of aliphatic hydroxyl groups excluding tert-OH is 2. The van der Waals surface area contributed by atoms with Crippen molar-refractivity contribution in [1.29, 1.82) is 0 Å². The molecule has 0 aliphatic heterocycles. The molecular weight excluding hydrogens is 508 g/mol. The first-order valence-corrected chi connectivity index (χ1v) is 16.0. The molecule has 6 nitrogen and oxygen atoms in total. The molecule has 1 aromatic heterocycles. The van der Waals surface area contributed by atoms with E-state index in [0.29, 0.717) is 47.1 Å². The maximum Gasteiger partial charge on any atom is 0.226 e. The first kappa shape index (κ1) is 27.5. The van der Waals surface area contributed by atoms with E-state index in [1.54, 1.807) is 7.11 Å². The van der Waals surface area contributed by atoms with Crippen LogP contribution in [-0.4, -0.2) is 40.4 Å². The summed E-state index contributed by atoms with van der Waals surface area (Å²) in [6.07, 6.45) is 9.55. The van der Waals surface area contributed by atoms with Crippen molar-refractivity contribution >= 4 is 32.6 Å². The van der Waals surface area contributed by atoms with Crippen LogP contribution in [0, 0.1) is 46.3 Å². The first-order chi connectivity index (χ1) is 18.6. The Morgan fingerprint density at radius 3 is 2.69 bits per heavy atom. The number of carbonyl (C=O) groups is 1. The Kier molecular flexibility index (Phi) is 7.25. The number of nitrogens with one attached hydrogen (secondary N) is 1. The maximum absolute atomic E-state index is 12.9. The minimum Gasteiger partial charge on any atom is -0.497 e. The number of aromatic nitrogens is 1. The van der Waals surface area contributed by atoms with Crippen LogP contribution in [0.5, 0.6) is 5.75 Å². The third-order valence-electron chi connectivity index (χ3n) is 12.1. The molecule has 214 valence electrons. The Hall–Kier alpha value is -1.70. The zero-order chi connectivity index (χ0) is 27.5. The molecule has 0 bridgehead atoms. The van der Waals surface area contributed by atoms with Gasteiger partial charge in [-0.3, -0.25) is 4.79 Å². The Bertz CT molecular complexity index is 1220. The molecule has 0 unspecified atom stereocenters. The van der Waals surface area contributed by atoms with Crippen LogP contribution in [0.25, 0.3) is 10.2 Å². The summed E-state index contributed by atoms with van der Waals surface area (Å²) in [7, 11) is 1.65. The number of amides is 1. The van der Waals surface area contributed by atoms with Gasteiger partial charge in [0.15, 0.2) is 5.13 Å². The molecule has 3 N–H and O–H groups in total. The number of carbonyl (C=O) groups excluding carboxylic acids is 1. The third-order valence-corrected chi connectivity index (χ3v) is 13.0. The SMILES string of the molecule is COc1ccc2nc(NC(=O)CC[C@@H](C)[C@H]3CC[C@H]4[C@@H]5[C@@H](O)C[C@@H]6C[C@H](O)CC[C@]6(C)[C@H]5CC[C@]34C)sc2c1. The van der Waals surface area contributed by atoms with Crippen LogP contribution in [0.2, 0.25) is 0 Å². The van der Waals surface area contributed by atoms with E-state index < -0.39 is 0 Å². The summed E-state index contributed by atoms with van der Waals surface area (Å²) in [6.45, 7) is 7.33. The van der Waals surface area contributed by atoms with Crippen molar-refractivity contribution in [2.45, 2.75) is 97.2 Å². The summed E-state index contributed by atoms with van der Waals surface area (Å²) in [5.74, 6) is 3.88. The smallest absolute Gasteiger partial charge is 0.226 e. The van der Waals surface area contributed by atoms with Gasteiger partial charge in [0.2, 0.25) is 5.91 Å². The largest absolute Gasteiger partial charge is 0.497 e. The summed E-state index contributed by atoms with van der Waals surface area (Å²) in [6, 6.07) is 5.77. The zero-order valence-electron chi connectivity index (χ0n) is 24.0. The van der Waals surface area contributed by atoms with Crippen LogP contribution >= 0.6 is 11.3 Å². The monoisotopic (exact) mass is 554 g/mol. The number of rotatable bonds is 6. The highest BCUT2D eigenvalue weighted by Gasteiger charge is 2.62. The van der Waals surface area contributed by atoms with E-state index >= 15 is 0 Å². The van der Waals surface area contributed by atoms with E-state index in [2.05, 4.69) is 31.1 Å². The number of aliphatic hydroxyl groups is 2. The van der Waals surface area contributed by atoms with Gasteiger partial charge >= 0.3 is 0 Å². The summed E-state index contributed by atoms with van der Waals surface area (Å²) < 4.78 is 6.32. The minimum absolute atomic E-state index is 0.0393. The molecule has 7 heteroatoms. The van der Waals surface area contributed by atoms with Crippen molar-refractivity contribution < 1.29 is 19.7 Å². The van der Waals surface area contributed by atoms with Gasteiger partial charge in [0.25, 0.3) is 0 Å². The normalized spacial score (nSPS) is 40.4. The van der Waals surface area contributed by atoms with Gasteiger partial charge in [-0.2, -0.15) is 0 Å². The number of ether oxygens (including phenoxy) is 1. The van der Waals surface area contributed by atoms with Crippen LogP contribution in [-0.2, 0) is 4.79 Å². The van der Waals surface area contributed by atoms with Crippen molar-refractivity contribution in [2.24, 2.45) is 46.3 Å². The number of hydrogen-bond donors (Lipinski definition) is 3. The average molecular weight is 555 g/mol. The second kappa shape index (κ2) is 10.3. The van der Waals surface area contributed by atoms with E-state index in [9.17, 15) is 15.0 Å². The molecule has 1 heterocycles. The molecular formula is C32H46N2O4S. The van der Waals surface area contributed by atoms with Crippen LogP contribution < -0.4 is 10.1 Å². The highest BCUT2D eigenvalue weighted by atomic mass is 32.1. The number of nitrogens with zero attached hydrogens (tertiary/aromatic N) is 1. The molecule has 4 saturated carbocycles. The topological polar surface area (TPSA) is 91.7 Å². The van der Waals surface area contributed by atoms with Crippen molar-refractivity contribution in [3.05, 3.63) is 18.2 Å². The molecule has 2 aromatic rings. The summed E-state index contributed by atoms with van der Waals surface area (Å²) in [4.78, 5) is 17.5. The first-order valence-electron chi connectivity index (χ1n) is 15.2. The predicted octanol–water partition coefficient (Wildman–Crippen LogP) is 6.65. The van der Waals surface area contributed by atoms with Crippen molar-refractivity contribution in [2.75, 3.05) is 12.4 Å².